The second kappa shape index (κ2) is 9.87. The molecule has 0 unspecified atom stereocenters. The lowest BCUT2D eigenvalue weighted by Gasteiger charge is -2.46. The molecule has 2 aliphatic heterocycles. The van der Waals surface area contributed by atoms with Crippen LogP contribution in [-0.2, 0) is 19.6 Å². The number of amides is 2. The normalized spacial score (nSPS) is 25.1. The molecule has 0 bridgehead atoms. The van der Waals surface area contributed by atoms with E-state index in [-0.39, 0.29) is 23.7 Å². The molecule has 1 atom stereocenters. The molecule has 2 saturated heterocycles. The summed E-state index contributed by atoms with van der Waals surface area (Å²) in [5.41, 5.74) is -0.157. The van der Waals surface area contributed by atoms with Crippen LogP contribution in [0.4, 0.5) is 4.79 Å². The van der Waals surface area contributed by atoms with Gasteiger partial charge >= 0.3 is 6.09 Å². The predicted octanol–water partition coefficient (Wildman–Crippen LogP) is 2.98. The molecule has 0 aromatic heterocycles. The minimum absolute atomic E-state index is 0.0677. The van der Waals surface area contributed by atoms with Crippen LogP contribution < -0.4 is 4.72 Å². The Morgan fingerprint density at radius 3 is 2.22 bits per heavy atom. The van der Waals surface area contributed by atoms with Crippen LogP contribution in [0.3, 0.4) is 0 Å². The van der Waals surface area contributed by atoms with Gasteiger partial charge in [-0.15, -0.1) is 0 Å². The maximum absolute atomic E-state index is 12.3. The highest BCUT2D eigenvalue weighted by atomic mass is 32.2. The van der Waals surface area contributed by atoms with E-state index >= 15 is 0 Å². The van der Waals surface area contributed by atoms with E-state index in [1.54, 1.807) is 6.92 Å². The molecule has 1 aliphatic carbocycles. The molecule has 184 valence electrons. The van der Waals surface area contributed by atoms with Gasteiger partial charge in [0, 0.05) is 25.6 Å². The molecule has 2 amide bonds. The number of hydrogen-bond acceptors (Lipinski definition) is 6. The van der Waals surface area contributed by atoms with Gasteiger partial charge in [0.25, 0.3) is 0 Å². The minimum Gasteiger partial charge on any atom is -0.444 e. The number of sulfonamides is 1. The van der Waals surface area contributed by atoms with Crippen molar-refractivity contribution in [3.63, 3.8) is 0 Å². The molecule has 3 fully saturated rings. The van der Waals surface area contributed by atoms with Crippen molar-refractivity contribution in [2.45, 2.75) is 78.2 Å². The summed E-state index contributed by atoms with van der Waals surface area (Å²) in [6, 6.07) is 0. The number of ether oxygens (including phenoxy) is 1. The van der Waals surface area contributed by atoms with Crippen LogP contribution in [0.15, 0.2) is 0 Å². The third-order valence-electron chi connectivity index (χ3n) is 7.42. The smallest absolute Gasteiger partial charge is 0.410 e. The van der Waals surface area contributed by atoms with Crippen LogP contribution in [0.1, 0.15) is 72.6 Å². The summed E-state index contributed by atoms with van der Waals surface area (Å²) >= 11 is 0. The molecule has 1 saturated carbocycles. The van der Waals surface area contributed by atoms with Crippen molar-refractivity contribution < 1.29 is 22.7 Å². The van der Waals surface area contributed by atoms with Crippen molar-refractivity contribution in [1.29, 1.82) is 0 Å². The van der Waals surface area contributed by atoms with Gasteiger partial charge in [0.1, 0.15) is 5.60 Å². The fourth-order valence-corrected chi connectivity index (χ4v) is 5.97. The lowest BCUT2D eigenvalue weighted by molar-refractivity contribution is -0.125. The van der Waals surface area contributed by atoms with Gasteiger partial charge in [0.05, 0.1) is 5.75 Å². The number of carbonyl (C=O) groups is 2. The third kappa shape index (κ3) is 6.83. The topological polar surface area (TPSA) is 96.0 Å². The van der Waals surface area contributed by atoms with E-state index in [1.165, 1.54) is 0 Å². The molecular formula is C23H41N3O5S. The van der Waals surface area contributed by atoms with Crippen LogP contribution in [0.25, 0.3) is 0 Å². The fraction of sp³-hybridized carbons (Fsp3) is 0.913. The van der Waals surface area contributed by atoms with E-state index in [1.807, 2.05) is 25.7 Å². The first-order valence-corrected chi connectivity index (χ1v) is 13.8. The van der Waals surface area contributed by atoms with Gasteiger partial charge in [0.2, 0.25) is 15.9 Å². The molecular weight excluding hydrogens is 430 g/mol. The Morgan fingerprint density at radius 2 is 1.66 bits per heavy atom. The van der Waals surface area contributed by atoms with E-state index in [4.69, 9.17) is 4.74 Å². The molecule has 2 heterocycles. The fourth-order valence-electron chi connectivity index (χ4n) is 5.35. The molecule has 0 aromatic carbocycles. The molecule has 9 heteroatoms. The SMILES string of the molecule is CCS(=O)(=O)NC(=O)C1CCC2(CC1)CCN(C[C@@H]1CCN(C(=O)OC(C)(C)C)C1)CC2. The van der Waals surface area contributed by atoms with Crippen molar-refractivity contribution in [3.05, 3.63) is 0 Å². The standard InChI is InChI=1S/C23H41N3O5S/c1-5-32(29,30)24-20(27)19-6-9-23(10-7-19)11-14-25(15-12-23)16-18-8-13-26(17-18)21(28)31-22(2,3)4/h18-19H,5-17H2,1-4H3,(H,24,27)/t18-/m0/s1. The van der Waals surface area contributed by atoms with Gasteiger partial charge in [-0.2, -0.15) is 0 Å². The number of piperidine rings is 1. The Hall–Kier alpha value is -1.35. The highest BCUT2D eigenvalue weighted by molar-refractivity contribution is 7.90. The van der Waals surface area contributed by atoms with Crippen molar-refractivity contribution in [2.24, 2.45) is 17.3 Å². The van der Waals surface area contributed by atoms with Crippen LogP contribution in [0.5, 0.6) is 0 Å². The highest BCUT2D eigenvalue weighted by Crippen LogP contribution is 2.46. The number of carbonyl (C=O) groups excluding carboxylic acids is 2. The first kappa shape index (κ1) is 25.3. The second-order valence-electron chi connectivity index (χ2n) is 11.0. The first-order valence-electron chi connectivity index (χ1n) is 12.1. The van der Waals surface area contributed by atoms with Gasteiger partial charge in [-0.25, -0.2) is 13.2 Å². The first-order chi connectivity index (χ1) is 14.9. The summed E-state index contributed by atoms with van der Waals surface area (Å²) in [4.78, 5) is 29.0. The summed E-state index contributed by atoms with van der Waals surface area (Å²) < 4.78 is 31.1. The number of nitrogens with one attached hydrogen (secondary N) is 1. The second-order valence-corrected chi connectivity index (χ2v) is 13.0. The molecule has 0 aromatic rings. The summed E-state index contributed by atoms with van der Waals surface area (Å²) in [5.74, 6) is -0.0781. The monoisotopic (exact) mass is 471 g/mol. The molecule has 1 spiro atoms. The zero-order valence-corrected chi connectivity index (χ0v) is 21.0. The Morgan fingerprint density at radius 1 is 1.03 bits per heavy atom. The van der Waals surface area contributed by atoms with Crippen molar-refractivity contribution in [1.82, 2.24) is 14.5 Å². The summed E-state index contributed by atoms with van der Waals surface area (Å²) in [6.07, 6.45) is 6.65. The van der Waals surface area contributed by atoms with E-state index in [2.05, 4.69) is 9.62 Å². The molecule has 3 rings (SSSR count). The van der Waals surface area contributed by atoms with Gasteiger partial charge in [-0.3, -0.25) is 9.52 Å². The van der Waals surface area contributed by atoms with Crippen molar-refractivity contribution in [2.75, 3.05) is 38.5 Å². The van der Waals surface area contributed by atoms with Crippen LogP contribution >= 0.6 is 0 Å². The number of hydrogen-bond donors (Lipinski definition) is 1. The quantitative estimate of drug-likeness (QED) is 0.662. The zero-order chi connectivity index (χ0) is 23.6. The lowest BCUT2D eigenvalue weighted by Crippen LogP contribution is -2.45. The number of nitrogens with zero attached hydrogens (tertiary/aromatic N) is 2. The zero-order valence-electron chi connectivity index (χ0n) is 20.2. The van der Waals surface area contributed by atoms with Crippen LogP contribution in [0.2, 0.25) is 0 Å². The Bertz CT molecular complexity index is 774. The largest absolute Gasteiger partial charge is 0.444 e. The summed E-state index contributed by atoms with van der Waals surface area (Å²) in [6.45, 7) is 11.9. The third-order valence-corrected chi connectivity index (χ3v) is 8.70. The number of likely N-dealkylation sites (tertiary alicyclic amines) is 2. The summed E-state index contributed by atoms with van der Waals surface area (Å²) in [5, 5.41) is 0. The maximum Gasteiger partial charge on any atom is 0.410 e. The van der Waals surface area contributed by atoms with Crippen LogP contribution in [0, 0.1) is 17.3 Å². The minimum atomic E-state index is -3.48. The van der Waals surface area contributed by atoms with E-state index in [0.717, 1.165) is 77.7 Å². The van der Waals surface area contributed by atoms with E-state index in [9.17, 15) is 18.0 Å². The van der Waals surface area contributed by atoms with Crippen LogP contribution in [-0.4, -0.2) is 74.3 Å². The summed E-state index contributed by atoms with van der Waals surface area (Å²) in [7, 11) is -3.48. The average molecular weight is 472 g/mol. The molecule has 3 aliphatic rings. The van der Waals surface area contributed by atoms with Gasteiger partial charge in [-0.05, 0) is 97.1 Å². The van der Waals surface area contributed by atoms with Crippen molar-refractivity contribution >= 4 is 22.0 Å². The predicted molar refractivity (Wildman–Crippen MR) is 124 cm³/mol. The average Bonchev–Trinajstić information content (AvgIpc) is 3.18. The molecule has 1 N–H and O–H groups in total. The van der Waals surface area contributed by atoms with Gasteiger partial charge < -0.3 is 14.5 Å². The Labute approximate surface area is 193 Å². The lowest BCUT2D eigenvalue weighted by atomic mass is 9.65. The Kier molecular flexibility index (Phi) is 7.80. The Balaban J connectivity index is 1.40. The molecule has 0 radical (unpaired) electrons. The maximum atomic E-state index is 12.3. The van der Waals surface area contributed by atoms with Gasteiger partial charge in [-0.1, -0.05) is 0 Å². The van der Waals surface area contributed by atoms with E-state index < -0.39 is 15.6 Å². The number of rotatable bonds is 5. The molecule has 32 heavy (non-hydrogen) atoms. The van der Waals surface area contributed by atoms with Crippen molar-refractivity contribution in [3.8, 4) is 0 Å². The van der Waals surface area contributed by atoms with Gasteiger partial charge in [0.15, 0.2) is 0 Å². The highest BCUT2D eigenvalue weighted by Gasteiger charge is 2.41. The molecule has 8 nitrogen and oxygen atoms in total. The van der Waals surface area contributed by atoms with E-state index in [0.29, 0.717) is 11.3 Å².